The van der Waals surface area contributed by atoms with Crippen molar-refractivity contribution in [2.75, 3.05) is 40.5 Å². The number of ether oxygens (including phenoxy) is 2. The third-order valence-corrected chi connectivity index (χ3v) is 2.48. The van der Waals surface area contributed by atoms with Crippen LogP contribution in [0.4, 0.5) is 4.79 Å². The van der Waals surface area contributed by atoms with Crippen molar-refractivity contribution in [3.05, 3.63) is 0 Å². The van der Waals surface area contributed by atoms with Gasteiger partial charge in [0.1, 0.15) is 0 Å². The van der Waals surface area contributed by atoms with Crippen molar-refractivity contribution >= 4 is 12.0 Å². The second-order valence-corrected chi connectivity index (χ2v) is 3.64. The van der Waals surface area contributed by atoms with Crippen molar-refractivity contribution in [2.45, 2.75) is 13.0 Å². The number of amides is 2. The lowest BCUT2D eigenvalue weighted by atomic mass is 10.4. The van der Waals surface area contributed by atoms with E-state index in [4.69, 9.17) is 14.3 Å². The van der Waals surface area contributed by atoms with Crippen LogP contribution >= 0.6 is 0 Å². The van der Waals surface area contributed by atoms with Gasteiger partial charge in [0.15, 0.2) is 6.10 Å². The highest BCUT2D eigenvalue weighted by Crippen LogP contribution is 2.04. The maximum atomic E-state index is 11.7. The number of hydrogen-bond donors (Lipinski definition) is 0. The Hall–Kier alpha value is -1.34. The molecule has 7 nitrogen and oxygen atoms in total. The van der Waals surface area contributed by atoms with Crippen LogP contribution < -0.4 is 0 Å². The number of morpholine rings is 1. The first-order valence-corrected chi connectivity index (χ1v) is 5.41. The standard InChI is InChI=1S/C10H18N2O5/c1-8(9(13)11(2)15-3)17-10(14)12-4-6-16-7-5-12/h8H,4-7H2,1-3H3/t8-/m0/s1. The summed E-state index contributed by atoms with van der Waals surface area (Å²) < 4.78 is 10.1. The van der Waals surface area contributed by atoms with Gasteiger partial charge < -0.3 is 14.4 Å². The van der Waals surface area contributed by atoms with Crippen LogP contribution in [0.25, 0.3) is 0 Å². The molecule has 0 aromatic carbocycles. The van der Waals surface area contributed by atoms with Gasteiger partial charge >= 0.3 is 6.09 Å². The summed E-state index contributed by atoms with van der Waals surface area (Å²) in [4.78, 5) is 29.5. The Bertz CT molecular complexity index is 278. The van der Waals surface area contributed by atoms with Gasteiger partial charge in [-0.2, -0.15) is 0 Å². The minimum Gasteiger partial charge on any atom is -0.436 e. The molecule has 1 fully saturated rings. The molecule has 0 aliphatic carbocycles. The fourth-order valence-corrected chi connectivity index (χ4v) is 1.37. The van der Waals surface area contributed by atoms with Crippen molar-refractivity contribution < 1.29 is 23.9 Å². The number of carbonyl (C=O) groups excluding carboxylic acids is 2. The molecule has 1 aliphatic rings. The second kappa shape index (κ2) is 6.41. The van der Waals surface area contributed by atoms with E-state index in [1.807, 2.05) is 0 Å². The molecule has 1 heterocycles. The number of likely N-dealkylation sites (N-methyl/N-ethyl adjacent to an activating group) is 1. The molecule has 98 valence electrons. The summed E-state index contributed by atoms with van der Waals surface area (Å²) in [6, 6.07) is 0. The molecule has 1 rings (SSSR count). The zero-order valence-electron chi connectivity index (χ0n) is 10.3. The van der Waals surface area contributed by atoms with Crippen LogP contribution in [-0.4, -0.2) is 68.5 Å². The zero-order chi connectivity index (χ0) is 12.8. The number of nitrogens with zero attached hydrogens (tertiary/aromatic N) is 2. The van der Waals surface area contributed by atoms with E-state index in [-0.39, 0.29) is 0 Å². The van der Waals surface area contributed by atoms with E-state index in [1.165, 1.54) is 26.0 Å². The molecule has 1 atom stereocenters. The highest BCUT2D eigenvalue weighted by molar-refractivity contribution is 5.82. The van der Waals surface area contributed by atoms with E-state index in [1.54, 1.807) is 0 Å². The molecule has 0 spiro atoms. The molecule has 17 heavy (non-hydrogen) atoms. The van der Waals surface area contributed by atoms with Gasteiger partial charge in [0.2, 0.25) is 0 Å². The minimum absolute atomic E-state index is 0.408. The molecule has 1 saturated heterocycles. The highest BCUT2D eigenvalue weighted by Gasteiger charge is 2.25. The number of carbonyl (C=O) groups is 2. The van der Waals surface area contributed by atoms with Crippen molar-refractivity contribution in [3.63, 3.8) is 0 Å². The summed E-state index contributed by atoms with van der Waals surface area (Å²) in [5, 5.41) is 1.03. The molecule has 0 saturated carbocycles. The molecule has 0 radical (unpaired) electrons. The molecule has 2 amide bonds. The fraction of sp³-hybridized carbons (Fsp3) is 0.800. The van der Waals surface area contributed by atoms with Crippen molar-refractivity contribution in [1.82, 2.24) is 9.96 Å². The Morgan fingerprint density at radius 3 is 2.47 bits per heavy atom. The van der Waals surface area contributed by atoms with Crippen molar-refractivity contribution in [3.8, 4) is 0 Å². The van der Waals surface area contributed by atoms with E-state index in [0.29, 0.717) is 26.3 Å². The Morgan fingerprint density at radius 2 is 1.94 bits per heavy atom. The van der Waals surface area contributed by atoms with Crippen LogP contribution in [-0.2, 0) is 19.1 Å². The van der Waals surface area contributed by atoms with Gasteiger partial charge in [-0.1, -0.05) is 0 Å². The van der Waals surface area contributed by atoms with Crippen molar-refractivity contribution in [1.29, 1.82) is 0 Å². The van der Waals surface area contributed by atoms with E-state index in [2.05, 4.69) is 0 Å². The van der Waals surface area contributed by atoms with Crippen LogP contribution in [0.15, 0.2) is 0 Å². The van der Waals surface area contributed by atoms with Gasteiger partial charge in [-0.15, -0.1) is 0 Å². The molecular formula is C10H18N2O5. The predicted octanol–water partition coefficient (Wildman–Crippen LogP) is -0.136. The van der Waals surface area contributed by atoms with Crippen molar-refractivity contribution in [2.24, 2.45) is 0 Å². The van der Waals surface area contributed by atoms with Crippen LogP contribution in [0.5, 0.6) is 0 Å². The Kier molecular flexibility index (Phi) is 5.17. The van der Waals surface area contributed by atoms with Crippen LogP contribution in [0, 0.1) is 0 Å². The maximum absolute atomic E-state index is 11.7. The molecule has 0 aromatic rings. The summed E-state index contributed by atoms with van der Waals surface area (Å²) in [6.45, 7) is 3.47. The zero-order valence-corrected chi connectivity index (χ0v) is 10.3. The summed E-state index contributed by atoms with van der Waals surface area (Å²) in [5.74, 6) is -0.408. The molecule has 1 aliphatic heterocycles. The molecule has 0 aromatic heterocycles. The first-order valence-electron chi connectivity index (χ1n) is 5.41. The van der Waals surface area contributed by atoms with E-state index >= 15 is 0 Å². The van der Waals surface area contributed by atoms with Gasteiger partial charge in [0, 0.05) is 20.1 Å². The third kappa shape index (κ3) is 3.86. The lowest BCUT2D eigenvalue weighted by Crippen LogP contribution is -2.44. The summed E-state index contributed by atoms with van der Waals surface area (Å²) >= 11 is 0. The van der Waals surface area contributed by atoms with Gasteiger partial charge in [0.25, 0.3) is 5.91 Å². The Balaban J connectivity index is 2.41. The molecule has 7 heteroatoms. The normalized spacial score (nSPS) is 17.5. The lowest BCUT2D eigenvalue weighted by molar-refractivity contribution is -0.177. The predicted molar refractivity (Wildman–Crippen MR) is 58.1 cm³/mol. The first kappa shape index (κ1) is 13.7. The smallest absolute Gasteiger partial charge is 0.410 e. The van der Waals surface area contributed by atoms with Gasteiger partial charge in [-0.25, -0.2) is 9.86 Å². The SMILES string of the molecule is CON(C)C(=O)[C@H](C)OC(=O)N1CCOCC1. The summed E-state index contributed by atoms with van der Waals surface area (Å²) in [7, 11) is 2.83. The second-order valence-electron chi connectivity index (χ2n) is 3.64. The van der Waals surface area contributed by atoms with Crippen LogP contribution in [0.1, 0.15) is 6.92 Å². The van der Waals surface area contributed by atoms with E-state index in [0.717, 1.165) is 5.06 Å². The quantitative estimate of drug-likeness (QED) is 0.648. The van der Waals surface area contributed by atoms with Gasteiger partial charge in [-0.3, -0.25) is 9.63 Å². The maximum Gasteiger partial charge on any atom is 0.410 e. The number of hydroxylamine groups is 2. The van der Waals surface area contributed by atoms with Crippen LogP contribution in [0.3, 0.4) is 0 Å². The third-order valence-electron chi connectivity index (χ3n) is 2.48. The highest BCUT2D eigenvalue weighted by atomic mass is 16.7. The average Bonchev–Trinajstić information content (AvgIpc) is 2.37. The minimum atomic E-state index is -0.865. The Morgan fingerprint density at radius 1 is 1.35 bits per heavy atom. The lowest BCUT2D eigenvalue weighted by Gasteiger charge is -2.27. The Labute approximate surface area is 100 Å². The summed E-state index contributed by atoms with van der Waals surface area (Å²) in [6.07, 6.45) is -1.37. The fourth-order valence-electron chi connectivity index (χ4n) is 1.37. The number of hydrogen-bond acceptors (Lipinski definition) is 5. The summed E-state index contributed by atoms with van der Waals surface area (Å²) in [5.41, 5.74) is 0. The van der Waals surface area contributed by atoms with Gasteiger partial charge in [-0.05, 0) is 6.92 Å². The van der Waals surface area contributed by atoms with E-state index < -0.39 is 18.1 Å². The molecule has 0 unspecified atom stereocenters. The molecule has 0 bridgehead atoms. The van der Waals surface area contributed by atoms with Crippen LogP contribution in [0.2, 0.25) is 0 Å². The molecule has 0 N–H and O–H groups in total. The van der Waals surface area contributed by atoms with Gasteiger partial charge in [0.05, 0.1) is 20.3 Å². The largest absolute Gasteiger partial charge is 0.436 e. The van der Waals surface area contributed by atoms with E-state index in [9.17, 15) is 9.59 Å². The topological polar surface area (TPSA) is 68.3 Å². The number of rotatable bonds is 3. The monoisotopic (exact) mass is 246 g/mol. The molecular weight excluding hydrogens is 228 g/mol. The first-order chi connectivity index (χ1) is 8.06. The average molecular weight is 246 g/mol.